The summed E-state index contributed by atoms with van der Waals surface area (Å²) in [4.78, 5) is 11.0. The van der Waals surface area contributed by atoms with Crippen molar-refractivity contribution in [1.82, 2.24) is 10.2 Å². The Balaban J connectivity index is 2.79. The predicted molar refractivity (Wildman–Crippen MR) is 58.9 cm³/mol. The molecule has 1 atom stereocenters. The van der Waals surface area contributed by atoms with Crippen LogP contribution in [0.2, 0.25) is 0 Å². The molecule has 5 heteroatoms. The normalized spacial score (nSPS) is 14.6. The van der Waals surface area contributed by atoms with Gasteiger partial charge in [-0.2, -0.15) is 5.10 Å². The van der Waals surface area contributed by atoms with Gasteiger partial charge >= 0.3 is 0 Å². The maximum Gasteiger partial charge on any atom is 0.266 e. The highest BCUT2D eigenvalue weighted by Crippen LogP contribution is 2.19. The lowest BCUT2D eigenvalue weighted by Gasteiger charge is -2.29. The second-order valence-electron chi connectivity index (χ2n) is 3.85. The van der Waals surface area contributed by atoms with E-state index < -0.39 is 0 Å². The van der Waals surface area contributed by atoms with Gasteiger partial charge in [0.15, 0.2) is 0 Å². The van der Waals surface area contributed by atoms with Gasteiger partial charge in [-0.3, -0.25) is 4.79 Å². The van der Waals surface area contributed by atoms with Crippen molar-refractivity contribution in [1.29, 1.82) is 0 Å². The second kappa shape index (κ2) is 4.93. The van der Waals surface area contributed by atoms with Crippen LogP contribution in [0.1, 0.15) is 26.7 Å². The number of hydrogen-bond acceptors (Lipinski definition) is 4. The van der Waals surface area contributed by atoms with E-state index in [-0.39, 0.29) is 17.7 Å². The van der Waals surface area contributed by atoms with Gasteiger partial charge in [0.1, 0.15) is 0 Å². The fourth-order valence-corrected chi connectivity index (χ4v) is 1.37. The van der Waals surface area contributed by atoms with Crippen molar-refractivity contribution >= 4 is 5.69 Å². The monoisotopic (exact) mass is 211 g/mol. The topological polar surface area (TPSA) is 78.0 Å². The highest BCUT2D eigenvalue weighted by atomic mass is 16.3. The van der Waals surface area contributed by atoms with E-state index in [1.54, 1.807) is 6.20 Å². The lowest BCUT2D eigenvalue weighted by Crippen LogP contribution is -2.35. The van der Waals surface area contributed by atoms with Crippen molar-refractivity contribution in [2.75, 3.05) is 11.9 Å². The van der Waals surface area contributed by atoms with Crippen molar-refractivity contribution in [3.63, 3.8) is 0 Å². The molecule has 0 saturated carbocycles. The number of nitrogens with zero attached hydrogens (tertiary/aromatic N) is 1. The van der Waals surface area contributed by atoms with E-state index >= 15 is 0 Å². The Kier molecular flexibility index (Phi) is 3.85. The molecule has 0 aromatic carbocycles. The van der Waals surface area contributed by atoms with Crippen molar-refractivity contribution in [2.24, 2.45) is 0 Å². The molecule has 0 aliphatic carbocycles. The van der Waals surface area contributed by atoms with Gasteiger partial charge in [-0.1, -0.05) is 6.92 Å². The Hall–Kier alpha value is -1.36. The van der Waals surface area contributed by atoms with Crippen LogP contribution in [0.25, 0.3) is 0 Å². The van der Waals surface area contributed by atoms with Gasteiger partial charge in [0.25, 0.3) is 5.56 Å². The average molecular weight is 211 g/mol. The van der Waals surface area contributed by atoms with Crippen LogP contribution in [0.15, 0.2) is 17.1 Å². The number of aromatic amines is 1. The summed E-state index contributed by atoms with van der Waals surface area (Å²) >= 11 is 0. The van der Waals surface area contributed by atoms with Gasteiger partial charge in [-0.25, -0.2) is 5.10 Å². The van der Waals surface area contributed by atoms with E-state index in [1.165, 1.54) is 6.07 Å². The summed E-state index contributed by atoms with van der Waals surface area (Å²) in [6.07, 6.45) is 3.06. The Bertz CT molecular complexity index is 364. The maximum atomic E-state index is 11.0. The number of nitrogens with one attached hydrogen (secondary N) is 2. The number of aromatic nitrogens is 2. The number of rotatable bonds is 5. The molecule has 1 unspecified atom stereocenters. The number of anilines is 1. The first-order chi connectivity index (χ1) is 7.09. The average Bonchev–Trinajstić information content (AvgIpc) is 2.18. The van der Waals surface area contributed by atoms with Gasteiger partial charge in [-0.15, -0.1) is 0 Å². The molecule has 0 fully saturated rings. The number of aliphatic hydroxyl groups is 1. The largest absolute Gasteiger partial charge is 0.396 e. The third kappa shape index (κ3) is 3.36. The molecule has 0 aliphatic rings. The molecule has 0 aliphatic heterocycles. The summed E-state index contributed by atoms with van der Waals surface area (Å²) in [7, 11) is 0. The summed E-state index contributed by atoms with van der Waals surface area (Å²) in [5, 5.41) is 18.2. The van der Waals surface area contributed by atoms with Crippen molar-refractivity contribution in [3.8, 4) is 0 Å². The Morgan fingerprint density at radius 1 is 1.67 bits per heavy atom. The Morgan fingerprint density at radius 2 is 2.40 bits per heavy atom. The van der Waals surface area contributed by atoms with E-state index in [1.807, 2.05) is 13.8 Å². The van der Waals surface area contributed by atoms with Crippen molar-refractivity contribution < 1.29 is 5.11 Å². The Morgan fingerprint density at radius 3 is 2.93 bits per heavy atom. The molecular formula is C10H17N3O2. The van der Waals surface area contributed by atoms with Crippen LogP contribution in [-0.2, 0) is 0 Å². The fourth-order valence-electron chi connectivity index (χ4n) is 1.37. The molecule has 1 aromatic heterocycles. The second-order valence-corrected chi connectivity index (χ2v) is 3.85. The SMILES string of the molecule is CCC(C)(CCO)Nc1cn[nH]c(=O)c1. The number of H-pyrrole nitrogens is 1. The first-order valence-corrected chi connectivity index (χ1v) is 5.03. The van der Waals surface area contributed by atoms with Gasteiger partial charge in [0.2, 0.25) is 0 Å². The van der Waals surface area contributed by atoms with Crippen LogP contribution in [0, 0.1) is 0 Å². The predicted octanol–water partition coefficient (Wildman–Crippen LogP) is 0.733. The van der Waals surface area contributed by atoms with Crippen LogP contribution < -0.4 is 10.9 Å². The minimum absolute atomic E-state index is 0.119. The van der Waals surface area contributed by atoms with Crippen molar-refractivity contribution in [3.05, 3.63) is 22.6 Å². The summed E-state index contributed by atoms with van der Waals surface area (Å²) in [5.41, 5.74) is 0.239. The molecule has 0 amide bonds. The lowest BCUT2D eigenvalue weighted by molar-refractivity contribution is 0.252. The molecule has 1 aromatic rings. The van der Waals surface area contributed by atoms with Crippen LogP contribution >= 0.6 is 0 Å². The van der Waals surface area contributed by atoms with Crippen LogP contribution in [0.5, 0.6) is 0 Å². The maximum absolute atomic E-state index is 11.0. The van der Waals surface area contributed by atoms with E-state index in [9.17, 15) is 4.79 Å². The molecule has 3 N–H and O–H groups in total. The molecule has 5 nitrogen and oxygen atoms in total. The third-order valence-electron chi connectivity index (χ3n) is 2.55. The molecule has 15 heavy (non-hydrogen) atoms. The minimum Gasteiger partial charge on any atom is -0.396 e. The highest BCUT2D eigenvalue weighted by Gasteiger charge is 2.20. The van der Waals surface area contributed by atoms with Gasteiger partial charge < -0.3 is 10.4 Å². The van der Waals surface area contributed by atoms with Crippen LogP contribution in [0.3, 0.4) is 0 Å². The Labute approximate surface area is 88.5 Å². The van der Waals surface area contributed by atoms with E-state index in [0.29, 0.717) is 12.1 Å². The summed E-state index contributed by atoms with van der Waals surface area (Å²) in [5.74, 6) is 0. The van der Waals surface area contributed by atoms with Crippen LogP contribution in [0.4, 0.5) is 5.69 Å². The standard InChI is InChI=1S/C10H17N3O2/c1-3-10(2,4-5-14)12-8-6-9(15)13-11-7-8/h6-7,14H,3-5H2,1-2H3,(H2,12,13,15). The van der Waals surface area contributed by atoms with Crippen LogP contribution in [-0.4, -0.2) is 27.4 Å². The summed E-state index contributed by atoms with van der Waals surface area (Å²) in [6, 6.07) is 1.46. The molecule has 0 bridgehead atoms. The molecule has 84 valence electrons. The van der Waals surface area contributed by atoms with E-state index in [0.717, 1.165) is 6.42 Å². The highest BCUT2D eigenvalue weighted by molar-refractivity contribution is 5.41. The van der Waals surface area contributed by atoms with E-state index in [4.69, 9.17) is 5.11 Å². The first kappa shape index (κ1) is 11.7. The third-order valence-corrected chi connectivity index (χ3v) is 2.55. The van der Waals surface area contributed by atoms with Crippen molar-refractivity contribution in [2.45, 2.75) is 32.2 Å². The first-order valence-electron chi connectivity index (χ1n) is 5.03. The van der Waals surface area contributed by atoms with E-state index in [2.05, 4.69) is 15.5 Å². The van der Waals surface area contributed by atoms with Gasteiger partial charge in [-0.05, 0) is 19.8 Å². The molecule has 1 heterocycles. The zero-order valence-corrected chi connectivity index (χ0v) is 9.08. The number of hydrogen-bond donors (Lipinski definition) is 3. The molecular weight excluding hydrogens is 194 g/mol. The quantitative estimate of drug-likeness (QED) is 0.671. The zero-order valence-electron chi connectivity index (χ0n) is 9.08. The zero-order chi connectivity index (χ0) is 11.3. The minimum atomic E-state index is -0.234. The van der Waals surface area contributed by atoms with Gasteiger partial charge in [0, 0.05) is 18.2 Å². The summed E-state index contributed by atoms with van der Waals surface area (Å²) < 4.78 is 0. The molecule has 0 radical (unpaired) electrons. The molecule has 0 saturated heterocycles. The molecule has 0 spiro atoms. The molecule has 1 rings (SSSR count). The summed E-state index contributed by atoms with van der Waals surface area (Å²) in [6.45, 7) is 4.15. The smallest absolute Gasteiger partial charge is 0.266 e. The van der Waals surface area contributed by atoms with Gasteiger partial charge in [0.05, 0.1) is 11.9 Å². The fraction of sp³-hybridized carbons (Fsp3) is 0.600. The lowest BCUT2D eigenvalue weighted by atomic mass is 9.95. The number of aliphatic hydroxyl groups excluding tert-OH is 1.